The van der Waals surface area contributed by atoms with Gasteiger partial charge in [0.15, 0.2) is 0 Å². The van der Waals surface area contributed by atoms with Crippen LogP contribution in [0.25, 0.3) is 0 Å². The summed E-state index contributed by atoms with van der Waals surface area (Å²) in [6.07, 6.45) is 4.30. The summed E-state index contributed by atoms with van der Waals surface area (Å²) in [4.78, 5) is 14.9. The van der Waals surface area contributed by atoms with Crippen LogP contribution in [-0.2, 0) is 11.3 Å². The molecule has 1 spiro atoms. The summed E-state index contributed by atoms with van der Waals surface area (Å²) in [7, 11) is 0. The van der Waals surface area contributed by atoms with Crippen molar-refractivity contribution in [1.82, 2.24) is 10.2 Å². The highest BCUT2D eigenvalue weighted by Gasteiger charge is 2.44. The Kier molecular flexibility index (Phi) is 3.99. The number of carbonyl (C=O) groups is 1. The lowest BCUT2D eigenvalue weighted by molar-refractivity contribution is -0.148. The van der Waals surface area contributed by atoms with Crippen LogP contribution in [0.3, 0.4) is 0 Å². The zero-order valence-electron chi connectivity index (χ0n) is 11.7. The van der Waals surface area contributed by atoms with Crippen LogP contribution < -0.4 is 5.32 Å². The standard InChI is InChI=1S/C16H21ClN2O/c17-14-5-3-13(4-6-14)11-19-10-2-8-16(15(19)20)7-1-9-18-12-16/h3-6,18H,1-2,7-12H2. The van der Waals surface area contributed by atoms with E-state index in [2.05, 4.69) is 5.32 Å². The number of benzene rings is 1. The number of likely N-dealkylation sites (tertiary alicyclic amines) is 1. The molecule has 1 amide bonds. The van der Waals surface area contributed by atoms with Crippen LogP contribution in [0.2, 0.25) is 5.02 Å². The second-order valence-electron chi connectivity index (χ2n) is 6.02. The van der Waals surface area contributed by atoms with Gasteiger partial charge in [0, 0.05) is 24.7 Å². The molecule has 0 bridgehead atoms. The minimum Gasteiger partial charge on any atom is -0.338 e. The molecule has 4 heteroatoms. The van der Waals surface area contributed by atoms with Crippen molar-refractivity contribution in [2.24, 2.45) is 5.41 Å². The van der Waals surface area contributed by atoms with Gasteiger partial charge in [-0.2, -0.15) is 0 Å². The first kappa shape index (κ1) is 13.9. The maximum absolute atomic E-state index is 12.8. The summed E-state index contributed by atoms with van der Waals surface area (Å²) in [5, 5.41) is 4.14. The number of hydrogen-bond donors (Lipinski definition) is 1. The molecule has 1 N–H and O–H groups in total. The first-order valence-corrected chi connectivity index (χ1v) is 7.82. The predicted octanol–water partition coefficient (Wildman–Crippen LogP) is 2.83. The van der Waals surface area contributed by atoms with Gasteiger partial charge < -0.3 is 10.2 Å². The first-order chi connectivity index (χ1) is 9.70. The fraction of sp³-hybridized carbons (Fsp3) is 0.562. The summed E-state index contributed by atoms with van der Waals surface area (Å²) in [5.41, 5.74) is 1.02. The highest BCUT2D eigenvalue weighted by atomic mass is 35.5. The Bertz CT molecular complexity index is 474. The molecule has 2 heterocycles. The first-order valence-electron chi connectivity index (χ1n) is 7.44. The lowest BCUT2D eigenvalue weighted by Crippen LogP contribution is -2.54. The van der Waals surface area contributed by atoms with E-state index in [1.165, 1.54) is 0 Å². The third-order valence-electron chi connectivity index (χ3n) is 4.58. The molecular weight excluding hydrogens is 272 g/mol. The van der Waals surface area contributed by atoms with E-state index in [4.69, 9.17) is 11.6 Å². The average molecular weight is 293 g/mol. The van der Waals surface area contributed by atoms with E-state index in [1.807, 2.05) is 29.2 Å². The maximum Gasteiger partial charge on any atom is 0.230 e. The molecule has 2 aliphatic rings. The normalized spacial score (nSPS) is 27.1. The molecule has 20 heavy (non-hydrogen) atoms. The molecule has 0 radical (unpaired) electrons. The zero-order valence-corrected chi connectivity index (χ0v) is 12.5. The number of halogens is 1. The number of rotatable bonds is 2. The molecule has 1 aromatic carbocycles. The van der Waals surface area contributed by atoms with E-state index in [1.54, 1.807) is 0 Å². The quantitative estimate of drug-likeness (QED) is 0.909. The third-order valence-corrected chi connectivity index (χ3v) is 4.84. The van der Waals surface area contributed by atoms with Gasteiger partial charge in [0.1, 0.15) is 0 Å². The summed E-state index contributed by atoms with van der Waals surface area (Å²) < 4.78 is 0. The maximum atomic E-state index is 12.8. The SMILES string of the molecule is O=C1N(Cc2ccc(Cl)cc2)CCCC12CCCNC2. The van der Waals surface area contributed by atoms with Gasteiger partial charge in [-0.3, -0.25) is 4.79 Å². The van der Waals surface area contributed by atoms with Crippen molar-refractivity contribution in [3.05, 3.63) is 34.9 Å². The second kappa shape index (κ2) is 5.74. The Balaban J connectivity index is 1.73. The van der Waals surface area contributed by atoms with Crippen LogP contribution in [0.15, 0.2) is 24.3 Å². The highest BCUT2D eigenvalue weighted by molar-refractivity contribution is 6.30. The summed E-state index contributed by atoms with van der Waals surface area (Å²) in [5.74, 6) is 0.339. The van der Waals surface area contributed by atoms with E-state index in [0.29, 0.717) is 12.5 Å². The largest absolute Gasteiger partial charge is 0.338 e. The predicted molar refractivity (Wildman–Crippen MR) is 80.6 cm³/mol. The summed E-state index contributed by atoms with van der Waals surface area (Å²) in [6, 6.07) is 7.80. The van der Waals surface area contributed by atoms with Gasteiger partial charge in [-0.1, -0.05) is 23.7 Å². The Labute approximate surface area is 125 Å². The molecule has 108 valence electrons. The number of hydrogen-bond acceptors (Lipinski definition) is 2. The van der Waals surface area contributed by atoms with E-state index < -0.39 is 0 Å². The number of nitrogens with zero attached hydrogens (tertiary/aromatic N) is 1. The smallest absolute Gasteiger partial charge is 0.230 e. The zero-order chi connectivity index (χ0) is 14.0. The van der Waals surface area contributed by atoms with Crippen LogP contribution in [0.1, 0.15) is 31.2 Å². The van der Waals surface area contributed by atoms with E-state index in [-0.39, 0.29) is 5.41 Å². The minimum atomic E-state index is -0.136. The molecule has 1 aromatic rings. The van der Waals surface area contributed by atoms with Gasteiger partial charge in [-0.15, -0.1) is 0 Å². The molecule has 1 unspecified atom stereocenters. The van der Waals surface area contributed by atoms with Crippen molar-refractivity contribution >= 4 is 17.5 Å². The lowest BCUT2D eigenvalue weighted by Gasteiger charge is -2.44. The second-order valence-corrected chi connectivity index (χ2v) is 6.45. The van der Waals surface area contributed by atoms with Gasteiger partial charge in [0.25, 0.3) is 0 Å². The molecule has 0 saturated carbocycles. The summed E-state index contributed by atoms with van der Waals surface area (Å²) >= 11 is 5.91. The average Bonchev–Trinajstić information content (AvgIpc) is 2.47. The molecule has 3 nitrogen and oxygen atoms in total. The van der Waals surface area contributed by atoms with Crippen LogP contribution in [0.5, 0.6) is 0 Å². The van der Waals surface area contributed by atoms with Crippen LogP contribution >= 0.6 is 11.6 Å². The molecule has 2 saturated heterocycles. The topological polar surface area (TPSA) is 32.3 Å². The molecular formula is C16H21ClN2O. The van der Waals surface area contributed by atoms with Crippen molar-refractivity contribution in [1.29, 1.82) is 0 Å². The highest BCUT2D eigenvalue weighted by Crippen LogP contribution is 2.37. The summed E-state index contributed by atoms with van der Waals surface area (Å²) in [6.45, 7) is 3.48. The van der Waals surface area contributed by atoms with Crippen molar-refractivity contribution < 1.29 is 4.79 Å². The molecule has 0 aliphatic carbocycles. The molecule has 2 aliphatic heterocycles. The molecule has 0 aromatic heterocycles. The van der Waals surface area contributed by atoms with Crippen molar-refractivity contribution in [3.63, 3.8) is 0 Å². The van der Waals surface area contributed by atoms with Gasteiger partial charge in [-0.05, 0) is 49.9 Å². The van der Waals surface area contributed by atoms with Crippen LogP contribution in [0.4, 0.5) is 0 Å². The number of carbonyl (C=O) groups excluding carboxylic acids is 1. The van der Waals surface area contributed by atoms with E-state index >= 15 is 0 Å². The van der Waals surface area contributed by atoms with E-state index in [9.17, 15) is 4.79 Å². The van der Waals surface area contributed by atoms with Crippen molar-refractivity contribution in [3.8, 4) is 0 Å². The van der Waals surface area contributed by atoms with Crippen molar-refractivity contribution in [2.45, 2.75) is 32.2 Å². The van der Waals surface area contributed by atoms with Gasteiger partial charge in [-0.25, -0.2) is 0 Å². The van der Waals surface area contributed by atoms with Crippen LogP contribution in [-0.4, -0.2) is 30.4 Å². The lowest BCUT2D eigenvalue weighted by atomic mass is 9.73. The fourth-order valence-electron chi connectivity index (χ4n) is 3.48. The number of amides is 1. The Morgan fingerprint density at radius 2 is 1.95 bits per heavy atom. The molecule has 1 atom stereocenters. The monoisotopic (exact) mass is 292 g/mol. The molecule has 3 rings (SSSR count). The minimum absolute atomic E-state index is 0.136. The molecule has 2 fully saturated rings. The van der Waals surface area contributed by atoms with Crippen LogP contribution in [0, 0.1) is 5.41 Å². The van der Waals surface area contributed by atoms with E-state index in [0.717, 1.165) is 55.9 Å². The van der Waals surface area contributed by atoms with Gasteiger partial charge in [0.05, 0.1) is 5.41 Å². The Morgan fingerprint density at radius 3 is 2.65 bits per heavy atom. The Hall–Kier alpha value is -1.06. The van der Waals surface area contributed by atoms with Gasteiger partial charge >= 0.3 is 0 Å². The fourth-order valence-corrected chi connectivity index (χ4v) is 3.60. The van der Waals surface area contributed by atoms with Gasteiger partial charge in [0.2, 0.25) is 5.91 Å². The number of nitrogens with one attached hydrogen (secondary N) is 1. The number of piperidine rings is 2. The third kappa shape index (κ3) is 2.70. The Morgan fingerprint density at radius 1 is 1.20 bits per heavy atom. The van der Waals surface area contributed by atoms with Crippen molar-refractivity contribution in [2.75, 3.05) is 19.6 Å².